The van der Waals surface area contributed by atoms with Gasteiger partial charge in [-0.15, -0.1) is 0 Å². The van der Waals surface area contributed by atoms with Gasteiger partial charge in [-0.05, 0) is 44.0 Å². The van der Waals surface area contributed by atoms with Gasteiger partial charge in [-0.2, -0.15) is 0 Å². The molecule has 1 heterocycles. The minimum Gasteiger partial charge on any atom is -0.490 e. The summed E-state index contributed by atoms with van der Waals surface area (Å²) < 4.78 is 16.7. The van der Waals surface area contributed by atoms with Crippen LogP contribution in [0.1, 0.15) is 72.1 Å². The van der Waals surface area contributed by atoms with Crippen molar-refractivity contribution in [1.29, 1.82) is 0 Å². The summed E-state index contributed by atoms with van der Waals surface area (Å²) >= 11 is 0. The zero-order valence-corrected chi connectivity index (χ0v) is 19.1. The lowest BCUT2D eigenvalue weighted by Gasteiger charge is -2.12. The van der Waals surface area contributed by atoms with E-state index in [1.165, 1.54) is 32.1 Å². The third kappa shape index (κ3) is 9.47. The second-order valence-electron chi connectivity index (χ2n) is 7.67. The van der Waals surface area contributed by atoms with Crippen LogP contribution >= 0.6 is 0 Å². The normalized spacial score (nSPS) is 11.8. The maximum Gasteiger partial charge on any atom is 0.340 e. The van der Waals surface area contributed by atoms with Crippen LogP contribution in [0, 0.1) is 0 Å². The molecule has 1 unspecified atom stereocenters. The fourth-order valence-corrected chi connectivity index (χ4v) is 2.99. The van der Waals surface area contributed by atoms with Crippen molar-refractivity contribution in [2.24, 2.45) is 0 Å². The average Bonchev–Trinajstić information content (AvgIpc) is 2.79. The van der Waals surface area contributed by atoms with E-state index in [0.29, 0.717) is 30.5 Å². The molecule has 6 nitrogen and oxygen atoms in total. The molecule has 1 aromatic carbocycles. The van der Waals surface area contributed by atoms with Crippen molar-refractivity contribution >= 4 is 5.97 Å². The molecule has 0 saturated heterocycles. The Morgan fingerprint density at radius 1 is 0.839 bits per heavy atom. The average molecular weight is 429 g/mol. The van der Waals surface area contributed by atoms with E-state index in [-0.39, 0.29) is 5.97 Å². The summed E-state index contributed by atoms with van der Waals surface area (Å²) in [6.07, 6.45) is 11.9. The first kappa shape index (κ1) is 24.8. The third-order valence-electron chi connectivity index (χ3n) is 4.92. The number of ether oxygens (including phenoxy) is 3. The maximum absolute atomic E-state index is 12.2. The molecule has 0 amide bonds. The van der Waals surface area contributed by atoms with Crippen LogP contribution in [0.5, 0.6) is 11.5 Å². The van der Waals surface area contributed by atoms with Crippen LogP contribution in [0.3, 0.4) is 0 Å². The number of rotatable bonds is 15. The van der Waals surface area contributed by atoms with Gasteiger partial charge in [0.2, 0.25) is 0 Å². The van der Waals surface area contributed by atoms with Gasteiger partial charge in [-0.1, -0.05) is 52.4 Å². The van der Waals surface area contributed by atoms with Gasteiger partial charge in [-0.3, -0.25) is 0 Å². The van der Waals surface area contributed by atoms with Gasteiger partial charge in [0.05, 0.1) is 19.0 Å². The summed E-state index contributed by atoms with van der Waals surface area (Å²) in [5.74, 6) is 1.36. The van der Waals surface area contributed by atoms with Crippen LogP contribution < -0.4 is 9.47 Å². The summed E-state index contributed by atoms with van der Waals surface area (Å²) in [5.41, 5.74) is 0.842. The van der Waals surface area contributed by atoms with Crippen LogP contribution in [-0.4, -0.2) is 35.3 Å². The molecular formula is C25H36N2O4. The van der Waals surface area contributed by atoms with E-state index in [1.807, 2.05) is 12.1 Å². The number of aromatic nitrogens is 2. The van der Waals surface area contributed by atoms with E-state index in [9.17, 15) is 4.79 Å². The Morgan fingerprint density at radius 2 is 1.45 bits per heavy atom. The Hall–Kier alpha value is -2.47. The molecule has 0 aliphatic carbocycles. The van der Waals surface area contributed by atoms with Gasteiger partial charge in [-0.25, -0.2) is 14.8 Å². The highest BCUT2D eigenvalue weighted by molar-refractivity contribution is 5.77. The van der Waals surface area contributed by atoms with E-state index in [0.717, 1.165) is 24.8 Å². The van der Waals surface area contributed by atoms with Crippen LogP contribution in [0.2, 0.25) is 0 Å². The molecule has 1 aromatic heterocycles. The molecule has 2 rings (SSSR count). The monoisotopic (exact) mass is 428 g/mol. The van der Waals surface area contributed by atoms with E-state index >= 15 is 0 Å². The molecule has 0 aliphatic rings. The topological polar surface area (TPSA) is 70.5 Å². The zero-order chi connectivity index (χ0) is 22.3. The molecule has 6 heteroatoms. The fourth-order valence-electron chi connectivity index (χ4n) is 2.99. The predicted molar refractivity (Wildman–Crippen MR) is 122 cm³/mol. The molecule has 0 aliphatic heterocycles. The van der Waals surface area contributed by atoms with Crippen molar-refractivity contribution in [3.63, 3.8) is 0 Å². The quantitative estimate of drug-likeness (QED) is 0.197. The summed E-state index contributed by atoms with van der Waals surface area (Å²) in [5, 5.41) is 0. The molecule has 0 bridgehead atoms. The highest BCUT2D eigenvalue weighted by Crippen LogP contribution is 2.21. The molecule has 31 heavy (non-hydrogen) atoms. The zero-order valence-electron chi connectivity index (χ0n) is 19.1. The second-order valence-corrected chi connectivity index (χ2v) is 7.67. The van der Waals surface area contributed by atoms with Crippen LogP contribution in [0.15, 0.2) is 36.7 Å². The lowest BCUT2D eigenvalue weighted by molar-refractivity contribution is -0.146. The molecular weight excluding hydrogens is 392 g/mol. The van der Waals surface area contributed by atoms with Gasteiger partial charge in [0.25, 0.3) is 0 Å². The molecule has 0 fully saturated rings. The summed E-state index contributed by atoms with van der Waals surface area (Å²) in [6.45, 7) is 7.33. The second kappa shape index (κ2) is 14.5. The Kier molecular flexibility index (Phi) is 11.6. The Labute approximate surface area is 186 Å². The van der Waals surface area contributed by atoms with Gasteiger partial charge < -0.3 is 14.2 Å². The number of hydrogen-bond acceptors (Lipinski definition) is 6. The van der Waals surface area contributed by atoms with Crippen molar-refractivity contribution in [2.45, 2.75) is 78.2 Å². The molecule has 170 valence electrons. The lowest BCUT2D eigenvalue weighted by atomic mass is 10.2. The standard InChI is InChI=1S/C25H36N2O4/c1-4-6-8-10-16-29-20(3)25(28)31-22-14-12-21(13-15-22)24-26-18-23(19-27-24)30-17-11-9-7-5-2/h12-15,18-20H,4-11,16-17H2,1-3H3. The van der Waals surface area contributed by atoms with Crippen molar-refractivity contribution < 1.29 is 19.0 Å². The van der Waals surface area contributed by atoms with Crippen LogP contribution in [0.25, 0.3) is 11.4 Å². The number of nitrogens with zero attached hydrogens (tertiary/aromatic N) is 2. The first-order chi connectivity index (χ1) is 15.1. The predicted octanol–water partition coefficient (Wildman–Crippen LogP) is 5.99. The Morgan fingerprint density at radius 3 is 2.06 bits per heavy atom. The maximum atomic E-state index is 12.2. The van der Waals surface area contributed by atoms with Crippen LogP contribution in [0.4, 0.5) is 0 Å². The van der Waals surface area contributed by atoms with E-state index in [2.05, 4.69) is 23.8 Å². The summed E-state index contributed by atoms with van der Waals surface area (Å²) in [6, 6.07) is 7.14. The van der Waals surface area contributed by atoms with Crippen molar-refractivity contribution in [3.8, 4) is 22.9 Å². The van der Waals surface area contributed by atoms with E-state index in [4.69, 9.17) is 14.2 Å². The minimum atomic E-state index is -0.584. The largest absolute Gasteiger partial charge is 0.490 e. The van der Waals surface area contributed by atoms with Crippen molar-refractivity contribution in [2.75, 3.05) is 13.2 Å². The van der Waals surface area contributed by atoms with Crippen molar-refractivity contribution in [3.05, 3.63) is 36.7 Å². The number of carbonyl (C=O) groups excluding carboxylic acids is 1. The number of unbranched alkanes of at least 4 members (excludes halogenated alkanes) is 6. The number of carbonyl (C=O) groups is 1. The van der Waals surface area contributed by atoms with E-state index < -0.39 is 6.10 Å². The summed E-state index contributed by atoms with van der Waals surface area (Å²) in [7, 11) is 0. The van der Waals surface area contributed by atoms with Gasteiger partial charge in [0, 0.05) is 12.2 Å². The fraction of sp³-hybridized carbons (Fsp3) is 0.560. The molecule has 0 N–H and O–H groups in total. The molecule has 0 saturated carbocycles. The van der Waals surface area contributed by atoms with Gasteiger partial charge in [0.1, 0.15) is 5.75 Å². The summed E-state index contributed by atoms with van der Waals surface area (Å²) in [4.78, 5) is 20.9. The number of hydrogen-bond donors (Lipinski definition) is 0. The highest BCUT2D eigenvalue weighted by atomic mass is 16.6. The molecule has 0 spiro atoms. The number of esters is 1. The highest BCUT2D eigenvalue weighted by Gasteiger charge is 2.16. The Balaban J connectivity index is 1.78. The van der Waals surface area contributed by atoms with Gasteiger partial charge in [0.15, 0.2) is 17.7 Å². The minimum absolute atomic E-state index is 0.389. The molecule has 0 radical (unpaired) electrons. The smallest absolute Gasteiger partial charge is 0.340 e. The van der Waals surface area contributed by atoms with Gasteiger partial charge >= 0.3 is 5.97 Å². The third-order valence-corrected chi connectivity index (χ3v) is 4.92. The molecule has 1 atom stereocenters. The van der Waals surface area contributed by atoms with Crippen molar-refractivity contribution in [1.82, 2.24) is 9.97 Å². The van der Waals surface area contributed by atoms with Crippen LogP contribution in [-0.2, 0) is 9.53 Å². The SMILES string of the molecule is CCCCCCOc1cnc(-c2ccc(OC(=O)C(C)OCCCCCC)cc2)nc1. The first-order valence-electron chi connectivity index (χ1n) is 11.5. The van der Waals surface area contributed by atoms with E-state index in [1.54, 1.807) is 31.5 Å². The molecule has 2 aromatic rings. The first-order valence-corrected chi connectivity index (χ1v) is 11.5. The lowest BCUT2D eigenvalue weighted by Crippen LogP contribution is -2.26. The number of benzene rings is 1. The Bertz CT molecular complexity index is 747.